The van der Waals surface area contributed by atoms with Gasteiger partial charge in [0.2, 0.25) is 0 Å². The van der Waals surface area contributed by atoms with E-state index in [0.29, 0.717) is 6.42 Å². The van der Waals surface area contributed by atoms with Crippen molar-refractivity contribution in [3.63, 3.8) is 0 Å². The lowest BCUT2D eigenvalue weighted by Gasteiger charge is -2.12. The Kier molecular flexibility index (Phi) is 4.57. The first-order valence-corrected chi connectivity index (χ1v) is 7.42. The van der Waals surface area contributed by atoms with Crippen molar-refractivity contribution in [2.75, 3.05) is 0 Å². The molecule has 0 aliphatic carbocycles. The fourth-order valence-corrected chi connectivity index (χ4v) is 2.72. The summed E-state index contributed by atoms with van der Waals surface area (Å²) in [5.74, 6) is -0.143. The molecule has 1 atom stereocenters. The molecule has 0 spiro atoms. The fraction of sp³-hybridized carbons (Fsp3) is 0.200. The van der Waals surface area contributed by atoms with Crippen molar-refractivity contribution in [1.29, 1.82) is 0 Å². The standard InChI is InChI=1S/C15H13Br2F/c1-10-8-11(6-7-13(10)16)14(17)9-12-4-2-3-5-15(12)18/h2-8,14H,9H2,1H3. The fourth-order valence-electron chi connectivity index (χ4n) is 1.84. The number of hydrogen-bond acceptors (Lipinski definition) is 0. The smallest absolute Gasteiger partial charge is 0.126 e. The number of alkyl halides is 1. The van der Waals surface area contributed by atoms with Crippen molar-refractivity contribution in [2.24, 2.45) is 0 Å². The van der Waals surface area contributed by atoms with Crippen molar-refractivity contribution in [2.45, 2.75) is 18.2 Å². The van der Waals surface area contributed by atoms with Crippen molar-refractivity contribution in [1.82, 2.24) is 0 Å². The number of rotatable bonds is 3. The molecule has 3 heteroatoms. The summed E-state index contributed by atoms with van der Waals surface area (Å²) >= 11 is 7.12. The highest BCUT2D eigenvalue weighted by atomic mass is 79.9. The van der Waals surface area contributed by atoms with E-state index in [9.17, 15) is 4.39 Å². The predicted octanol–water partition coefficient (Wildman–Crippen LogP) is 5.58. The molecule has 1 unspecified atom stereocenters. The van der Waals surface area contributed by atoms with Gasteiger partial charge in [0, 0.05) is 9.30 Å². The normalized spacial score (nSPS) is 12.4. The van der Waals surface area contributed by atoms with Crippen LogP contribution in [0.25, 0.3) is 0 Å². The Hall–Kier alpha value is -0.670. The maximum absolute atomic E-state index is 13.6. The van der Waals surface area contributed by atoms with E-state index in [2.05, 4.69) is 50.9 Å². The lowest BCUT2D eigenvalue weighted by Crippen LogP contribution is -1.98. The lowest BCUT2D eigenvalue weighted by molar-refractivity contribution is 0.608. The van der Waals surface area contributed by atoms with Gasteiger partial charge in [0.05, 0.1) is 0 Å². The highest BCUT2D eigenvalue weighted by molar-refractivity contribution is 9.10. The van der Waals surface area contributed by atoms with Crippen LogP contribution in [0.15, 0.2) is 46.9 Å². The molecule has 0 aliphatic rings. The average Bonchev–Trinajstić information content (AvgIpc) is 2.35. The highest BCUT2D eigenvalue weighted by Crippen LogP contribution is 2.30. The van der Waals surface area contributed by atoms with E-state index >= 15 is 0 Å². The second-order valence-corrected chi connectivity index (χ2v) is 6.23. The maximum atomic E-state index is 13.6. The molecule has 0 aliphatic heterocycles. The van der Waals surface area contributed by atoms with Crippen molar-refractivity contribution < 1.29 is 4.39 Å². The van der Waals surface area contributed by atoms with E-state index in [-0.39, 0.29) is 10.6 Å². The van der Waals surface area contributed by atoms with Crippen LogP contribution in [0.1, 0.15) is 21.5 Å². The summed E-state index contributed by atoms with van der Waals surface area (Å²) in [6.07, 6.45) is 0.647. The molecule has 0 aromatic heterocycles. The van der Waals surface area contributed by atoms with Crippen LogP contribution in [0.5, 0.6) is 0 Å². The van der Waals surface area contributed by atoms with E-state index < -0.39 is 0 Å². The molecule has 0 fully saturated rings. The Morgan fingerprint density at radius 3 is 2.56 bits per heavy atom. The minimum Gasteiger partial charge on any atom is -0.207 e. The minimum absolute atomic E-state index is 0.126. The predicted molar refractivity (Wildman–Crippen MR) is 80.7 cm³/mol. The monoisotopic (exact) mass is 370 g/mol. The second kappa shape index (κ2) is 5.98. The van der Waals surface area contributed by atoms with E-state index in [0.717, 1.165) is 10.0 Å². The molecule has 2 rings (SSSR count). The first-order valence-electron chi connectivity index (χ1n) is 5.71. The molecule has 0 saturated heterocycles. The van der Waals surface area contributed by atoms with Crippen LogP contribution in [0, 0.1) is 12.7 Å². The zero-order valence-electron chi connectivity index (χ0n) is 9.96. The van der Waals surface area contributed by atoms with Gasteiger partial charge in [-0.3, -0.25) is 0 Å². The van der Waals surface area contributed by atoms with E-state index in [4.69, 9.17) is 0 Å². The molecule has 0 N–H and O–H groups in total. The van der Waals surface area contributed by atoms with Crippen LogP contribution in [0.4, 0.5) is 4.39 Å². The van der Waals surface area contributed by atoms with Gasteiger partial charge >= 0.3 is 0 Å². The van der Waals surface area contributed by atoms with Crippen LogP contribution in [-0.4, -0.2) is 0 Å². The second-order valence-electron chi connectivity index (χ2n) is 4.27. The molecule has 2 aromatic carbocycles. The summed E-state index contributed by atoms with van der Waals surface area (Å²) in [5, 5.41) is 0. The van der Waals surface area contributed by atoms with Gasteiger partial charge in [0.25, 0.3) is 0 Å². The van der Waals surface area contributed by atoms with Crippen LogP contribution in [0.2, 0.25) is 0 Å². The van der Waals surface area contributed by atoms with Crippen LogP contribution < -0.4 is 0 Å². The molecule has 2 aromatic rings. The van der Waals surface area contributed by atoms with Gasteiger partial charge in [-0.15, -0.1) is 0 Å². The largest absolute Gasteiger partial charge is 0.207 e. The Balaban J connectivity index is 2.19. The molecule has 0 heterocycles. The third-order valence-electron chi connectivity index (χ3n) is 2.90. The van der Waals surface area contributed by atoms with E-state index in [1.807, 2.05) is 18.2 Å². The van der Waals surface area contributed by atoms with Crippen LogP contribution in [-0.2, 0) is 6.42 Å². The quantitative estimate of drug-likeness (QED) is 0.618. The van der Waals surface area contributed by atoms with Gasteiger partial charge in [0.15, 0.2) is 0 Å². The summed E-state index contributed by atoms with van der Waals surface area (Å²) in [6, 6.07) is 13.1. The summed E-state index contributed by atoms with van der Waals surface area (Å²) in [4.78, 5) is 0.126. The maximum Gasteiger partial charge on any atom is 0.126 e. The first kappa shape index (κ1) is 13.8. The van der Waals surface area contributed by atoms with Gasteiger partial charge < -0.3 is 0 Å². The molecule has 18 heavy (non-hydrogen) atoms. The Morgan fingerprint density at radius 2 is 1.89 bits per heavy atom. The summed E-state index contributed by atoms with van der Waals surface area (Å²) < 4.78 is 14.7. The minimum atomic E-state index is -0.143. The molecular weight excluding hydrogens is 359 g/mol. The highest BCUT2D eigenvalue weighted by Gasteiger charge is 2.11. The number of halogens is 3. The number of hydrogen-bond donors (Lipinski definition) is 0. The summed E-state index contributed by atoms with van der Waals surface area (Å²) in [6.45, 7) is 2.05. The van der Waals surface area contributed by atoms with Crippen LogP contribution >= 0.6 is 31.9 Å². The molecule has 0 saturated carbocycles. The Labute approximate surface area is 123 Å². The molecule has 0 amide bonds. The topological polar surface area (TPSA) is 0 Å². The zero-order chi connectivity index (χ0) is 13.1. The van der Waals surface area contributed by atoms with Gasteiger partial charge in [0.1, 0.15) is 5.82 Å². The summed E-state index contributed by atoms with van der Waals surface area (Å²) in [5.41, 5.74) is 3.09. The molecular formula is C15H13Br2F. The lowest BCUT2D eigenvalue weighted by atomic mass is 10.0. The van der Waals surface area contributed by atoms with Gasteiger partial charge in [-0.1, -0.05) is 62.2 Å². The third-order valence-corrected chi connectivity index (χ3v) is 4.64. The SMILES string of the molecule is Cc1cc(C(Br)Cc2ccccc2F)ccc1Br. The molecule has 0 nitrogen and oxygen atoms in total. The zero-order valence-corrected chi connectivity index (χ0v) is 13.1. The van der Waals surface area contributed by atoms with Gasteiger partial charge in [-0.2, -0.15) is 0 Å². The van der Waals surface area contributed by atoms with Gasteiger partial charge in [-0.25, -0.2) is 4.39 Å². The van der Waals surface area contributed by atoms with Crippen molar-refractivity contribution in [3.8, 4) is 0 Å². The van der Waals surface area contributed by atoms with Crippen LogP contribution in [0.3, 0.4) is 0 Å². The van der Waals surface area contributed by atoms with E-state index in [1.165, 1.54) is 17.2 Å². The van der Waals surface area contributed by atoms with Crippen molar-refractivity contribution in [3.05, 3.63) is 69.4 Å². The molecule has 94 valence electrons. The first-order chi connectivity index (χ1) is 8.58. The number of aryl methyl sites for hydroxylation is 1. The molecule has 0 bridgehead atoms. The van der Waals surface area contributed by atoms with E-state index in [1.54, 1.807) is 6.07 Å². The van der Waals surface area contributed by atoms with Crippen molar-refractivity contribution >= 4 is 31.9 Å². The molecule has 0 radical (unpaired) electrons. The average molecular weight is 372 g/mol. The third kappa shape index (κ3) is 3.21. The Bertz CT molecular complexity index is 552. The van der Waals surface area contributed by atoms with Gasteiger partial charge in [-0.05, 0) is 42.2 Å². The summed E-state index contributed by atoms with van der Waals surface area (Å²) in [7, 11) is 0. The number of benzene rings is 2. The Morgan fingerprint density at radius 1 is 1.17 bits per heavy atom.